The highest BCUT2D eigenvalue weighted by Crippen LogP contribution is 2.32. The number of allylic oxidation sites excluding steroid dienone is 3. The molecule has 0 spiro atoms. The van der Waals surface area contributed by atoms with E-state index in [-0.39, 0.29) is 31.2 Å². The van der Waals surface area contributed by atoms with Crippen LogP contribution in [0.25, 0.3) is 12.2 Å². The highest BCUT2D eigenvalue weighted by Gasteiger charge is 2.20. The van der Waals surface area contributed by atoms with Crippen molar-refractivity contribution in [3.8, 4) is 23.0 Å². The van der Waals surface area contributed by atoms with Gasteiger partial charge in [0.1, 0.15) is 0 Å². The van der Waals surface area contributed by atoms with Crippen LogP contribution >= 0.6 is 0 Å². The molecule has 0 radical (unpaired) electrons. The molecule has 2 aromatic carbocycles. The zero-order chi connectivity index (χ0) is 32.7. The molecule has 0 amide bonds. The average molecular weight is 635 g/mol. The van der Waals surface area contributed by atoms with Crippen LogP contribution in [-0.2, 0) is 28.6 Å². The third kappa shape index (κ3) is 10.3. The number of hydrogen-bond donors (Lipinski definition) is 0. The lowest BCUT2D eigenvalue weighted by atomic mass is 10.0. The van der Waals surface area contributed by atoms with E-state index >= 15 is 0 Å². The van der Waals surface area contributed by atoms with E-state index in [0.717, 1.165) is 38.5 Å². The number of esters is 1. The Morgan fingerprint density at radius 3 is 1.65 bits per heavy atom. The molecule has 2 heterocycles. The molecule has 0 N–H and O–H groups in total. The number of hydrogen-bond acceptors (Lipinski definition) is 10. The van der Waals surface area contributed by atoms with E-state index in [0.29, 0.717) is 47.3 Å². The normalized spacial score (nSPS) is 18.2. The van der Waals surface area contributed by atoms with Crippen molar-refractivity contribution < 1.29 is 47.5 Å². The molecule has 0 aliphatic carbocycles. The molecule has 2 saturated heterocycles. The predicted molar refractivity (Wildman–Crippen MR) is 172 cm³/mol. The van der Waals surface area contributed by atoms with E-state index in [1.54, 1.807) is 55.5 Å². The Balaban J connectivity index is 1.48. The van der Waals surface area contributed by atoms with Crippen LogP contribution < -0.4 is 18.9 Å². The maximum atomic E-state index is 13.3. The van der Waals surface area contributed by atoms with Crippen molar-refractivity contribution in [3.05, 3.63) is 71.3 Å². The fourth-order valence-electron chi connectivity index (χ4n) is 4.91. The molecule has 2 unspecified atom stereocenters. The summed E-state index contributed by atoms with van der Waals surface area (Å²) in [5.41, 5.74) is 1.15. The first-order valence-corrected chi connectivity index (χ1v) is 15.6. The van der Waals surface area contributed by atoms with Crippen LogP contribution in [0, 0.1) is 0 Å². The molecular formula is C36H42O10. The van der Waals surface area contributed by atoms with E-state index in [2.05, 4.69) is 0 Å². The molecule has 246 valence electrons. The van der Waals surface area contributed by atoms with Gasteiger partial charge in [0.15, 0.2) is 47.1 Å². The molecular weight excluding hydrogens is 592 g/mol. The van der Waals surface area contributed by atoms with Gasteiger partial charge < -0.3 is 33.2 Å². The van der Waals surface area contributed by atoms with Gasteiger partial charge in [0, 0.05) is 12.8 Å². The summed E-state index contributed by atoms with van der Waals surface area (Å²) in [4.78, 5) is 38.6. The van der Waals surface area contributed by atoms with Crippen LogP contribution in [0.15, 0.2) is 60.2 Å². The van der Waals surface area contributed by atoms with Crippen LogP contribution in [0.2, 0.25) is 0 Å². The Morgan fingerprint density at radius 2 is 1.24 bits per heavy atom. The lowest BCUT2D eigenvalue weighted by Crippen LogP contribution is -2.25. The number of carbonyl (C=O) groups excluding carboxylic acids is 3. The second-order valence-electron chi connectivity index (χ2n) is 10.7. The third-order valence-electron chi connectivity index (χ3n) is 7.33. The third-order valence-corrected chi connectivity index (χ3v) is 7.33. The molecule has 2 fully saturated rings. The minimum Gasteiger partial charge on any atom is -0.493 e. The van der Waals surface area contributed by atoms with Gasteiger partial charge in [-0.3, -0.25) is 14.4 Å². The maximum absolute atomic E-state index is 13.3. The Labute approximate surface area is 269 Å². The Hall–Kier alpha value is -4.41. The lowest BCUT2D eigenvalue weighted by molar-refractivity contribution is -0.142. The zero-order valence-corrected chi connectivity index (χ0v) is 26.7. The standard InChI is InChI=1S/C36H42O10/c1-4-42-34(39)20-15-27(28(37)16-11-25-13-18-30(32(23-25)40-2)45-35-9-5-7-21-43-35)29(38)17-12-26-14-19-31(33(24-26)41-3)46-36-10-6-8-22-44-36/h11-19,23-24,35-36H,4-10,20-22H2,1-3H3/b16-11+,17-12+,27-15?. The first-order valence-electron chi connectivity index (χ1n) is 15.6. The fourth-order valence-corrected chi connectivity index (χ4v) is 4.91. The minimum atomic E-state index is -0.567. The summed E-state index contributed by atoms with van der Waals surface area (Å²) in [5.74, 6) is 0.361. The van der Waals surface area contributed by atoms with Gasteiger partial charge in [-0.2, -0.15) is 0 Å². The van der Waals surface area contributed by atoms with Gasteiger partial charge in [0.25, 0.3) is 0 Å². The molecule has 0 bridgehead atoms. The molecule has 10 nitrogen and oxygen atoms in total. The first-order chi connectivity index (χ1) is 22.4. The molecule has 2 aliphatic rings. The van der Waals surface area contributed by atoms with E-state index in [9.17, 15) is 14.4 Å². The summed E-state index contributed by atoms with van der Waals surface area (Å²) in [7, 11) is 3.07. The summed E-state index contributed by atoms with van der Waals surface area (Å²) in [6, 6.07) is 10.5. The first kappa shape index (κ1) is 34.5. The zero-order valence-electron chi connectivity index (χ0n) is 26.7. The van der Waals surface area contributed by atoms with Crippen molar-refractivity contribution in [2.75, 3.05) is 34.0 Å². The van der Waals surface area contributed by atoms with Crippen molar-refractivity contribution >= 4 is 29.7 Å². The molecule has 46 heavy (non-hydrogen) atoms. The van der Waals surface area contributed by atoms with Crippen molar-refractivity contribution in [1.29, 1.82) is 0 Å². The summed E-state index contributed by atoms with van der Waals surface area (Å²) in [6.45, 7) is 3.18. The van der Waals surface area contributed by atoms with Gasteiger partial charge in [-0.1, -0.05) is 30.4 Å². The quantitative estimate of drug-likeness (QED) is 0.0962. The van der Waals surface area contributed by atoms with Crippen molar-refractivity contribution in [1.82, 2.24) is 0 Å². The highest BCUT2D eigenvalue weighted by molar-refractivity contribution is 6.28. The summed E-state index contributed by atoms with van der Waals surface area (Å²) in [5, 5.41) is 0. The van der Waals surface area contributed by atoms with Crippen molar-refractivity contribution in [2.24, 2.45) is 0 Å². The fraction of sp³-hybridized carbons (Fsp3) is 0.417. The number of benzene rings is 2. The molecule has 4 rings (SSSR count). The van der Waals surface area contributed by atoms with Gasteiger partial charge in [0.2, 0.25) is 0 Å². The van der Waals surface area contributed by atoms with E-state index in [1.807, 2.05) is 0 Å². The van der Waals surface area contributed by atoms with E-state index in [1.165, 1.54) is 32.4 Å². The predicted octanol–water partition coefficient (Wildman–Crippen LogP) is 6.26. The molecule has 2 aromatic rings. The van der Waals surface area contributed by atoms with Gasteiger partial charge in [-0.15, -0.1) is 0 Å². The smallest absolute Gasteiger partial charge is 0.309 e. The number of rotatable bonds is 15. The Morgan fingerprint density at radius 1 is 0.739 bits per heavy atom. The summed E-state index contributed by atoms with van der Waals surface area (Å²) < 4.78 is 39.2. The maximum Gasteiger partial charge on any atom is 0.309 e. The number of ether oxygens (including phenoxy) is 7. The van der Waals surface area contributed by atoms with Gasteiger partial charge in [-0.05, 0) is 80.2 Å². The average Bonchev–Trinajstić information content (AvgIpc) is 3.08. The molecule has 10 heteroatoms. The molecule has 0 saturated carbocycles. The SMILES string of the molecule is CCOC(=O)CC=C(C(=O)/C=C/c1ccc(OC2CCCCO2)c(OC)c1)C(=O)/C=C/c1ccc(OC2CCCCO2)c(OC)c1. The molecule has 2 aliphatic heterocycles. The molecule has 2 atom stereocenters. The number of ketones is 2. The van der Waals surface area contributed by atoms with Gasteiger partial charge in [0.05, 0.1) is 46.0 Å². The monoisotopic (exact) mass is 634 g/mol. The van der Waals surface area contributed by atoms with Crippen LogP contribution in [0.1, 0.15) is 63.0 Å². The number of carbonyl (C=O) groups is 3. The van der Waals surface area contributed by atoms with Crippen LogP contribution in [0.5, 0.6) is 23.0 Å². The van der Waals surface area contributed by atoms with Crippen LogP contribution in [-0.4, -0.2) is 64.2 Å². The van der Waals surface area contributed by atoms with E-state index in [4.69, 9.17) is 33.2 Å². The summed E-state index contributed by atoms with van der Waals surface area (Å²) >= 11 is 0. The highest BCUT2D eigenvalue weighted by atomic mass is 16.7. The minimum absolute atomic E-state index is 0.164. The Bertz CT molecular complexity index is 1330. The second kappa shape index (κ2) is 17.9. The van der Waals surface area contributed by atoms with Crippen LogP contribution in [0.4, 0.5) is 0 Å². The number of methoxy groups -OCH3 is 2. The van der Waals surface area contributed by atoms with E-state index < -0.39 is 17.5 Å². The van der Waals surface area contributed by atoms with Crippen LogP contribution in [0.3, 0.4) is 0 Å². The Kier molecular flexibility index (Phi) is 13.4. The van der Waals surface area contributed by atoms with Gasteiger partial charge >= 0.3 is 5.97 Å². The lowest BCUT2D eigenvalue weighted by Gasteiger charge is -2.24. The van der Waals surface area contributed by atoms with Gasteiger partial charge in [-0.25, -0.2) is 0 Å². The second-order valence-corrected chi connectivity index (χ2v) is 10.7. The molecule has 0 aromatic heterocycles. The van der Waals surface area contributed by atoms with Crippen molar-refractivity contribution in [2.45, 2.75) is 64.4 Å². The van der Waals surface area contributed by atoms with Crippen molar-refractivity contribution in [3.63, 3.8) is 0 Å². The summed E-state index contributed by atoms with van der Waals surface area (Å²) in [6.07, 6.45) is 11.8. The largest absolute Gasteiger partial charge is 0.493 e. The topological polar surface area (TPSA) is 116 Å².